The minimum Gasteiger partial charge on any atom is -0.333 e. The third-order valence-electron chi connectivity index (χ3n) is 3.57. The molecule has 7 nitrogen and oxygen atoms in total. The monoisotopic (exact) mass is 309 g/mol. The van der Waals surface area contributed by atoms with Gasteiger partial charge in [-0.1, -0.05) is 44.2 Å². The molecule has 1 aromatic heterocycles. The molecule has 23 heavy (non-hydrogen) atoms. The second-order valence-electron chi connectivity index (χ2n) is 5.62. The van der Waals surface area contributed by atoms with Gasteiger partial charge in [0.15, 0.2) is 5.79 Å². The first kappa shape index (κ1) is 15.1. The van der Waals surface area contributed by atoms with Crippen LogP contribution in [0.2, 0.25) is 0 Å². The van der Waals surface area contributed by atoms with Crippen LogP contribution in [0.4, 0.5) is 5.69 Å². The zero-order valence-electron chi connectivity index (χ0n) is 13.1. The van der Waals surface area contributed by atoms with Crippen LogP contribution >= 0.6 is 0 Å². The molecule has 2 heterocycles. The molecule has 1 atom stereocenters. The van der Waals surface area contributed by atoms with E-state index in [1.54, 1.807) is 12.4 Å². The summed E-state index contributed by atoms with van der Waals surface area (Å²) < 4.78 is 0. The maximum atomic E-state index is 6.42. The van der Waals surface area contributed by atoms with E-state index in [0.29, 0.717) is 17.5 Å². The predicted molar refractivity (Wildman–Crippen MR) is 91.0 cm³/mol. The van der Waals surface area contributed by atoms with E-state index in [4.69, 9.17) is 5.73 Å². The summed E-state index contributed by atoms with van der Waals surface area (Å²) in [7, 11) is 0. The second kappa shape index (κ2) is 6.13. The maximum absolute atomic E-state index is 6.42. The van der Waals surface area contributed by atoms with E-state index in [9.17, 15) is 0 Å². The maximum Gasteiger partial charge on any atom is 0.228 e. The quantitative estimate of drug-likeness (QED) is 0.799. The smallest absolute Gasteiger partial charge is 0.228 e. The van der Waals surface area contributed by atoms with Gasteiger partial charge in [-0.15, -0.1) is 0 Å². The number of benzene rings is 1. The third kappa shape index (κ3) is 3.35. The fraction of sp³-hybridized carbons (Fsp3) is 0.250. The summed E-state index contributed by atoms with van der Waals surface area (Å²) >= 11 is 0. The van der Waals surface area contributed by atoms with Crippen LogP contribution < -0.4 is 16.4 Å². The molecule has 118 valence electrons. The summed E-state index contributed by atoms with van der Waals surface area (Å²) in [5, 5.41) is 6.34. The van der Waals surface area contributed by atoms with Crippen molar-refractivity contribution >= 4 is 17.5 Å². The Balaban J connectivity index is 1.97. The van der Waals surface area contributed by atoms with Gasteiger partial charge < -0.3 is 10.6 Å². The van der Waals surface area contributed by atoms with Crippen LogP contribution in [-0.2, 0) is 0 Å². The molecule has 0 fully saturated rings. The van der Waals surface area contributed by atoms with E-state index in [0.717, 1.165) is 5.56 Å². The number of guanidine groups is 1. The van der Waals surface area contributed by atoms with Gasteiger partial charge in [0.1, 0.15) is 12.2 Å². The Morgan fingerprint density at radius 3 is 2.48 bits per heavy atom. The highest BCUT2D eigenvalue weighted by atomic mass is 15.4. The molecular formula is C16H19N7. The van der Waals surface area contributed by atoms with E-state index in [1.165, 1.54) is 6.33 Å². The molecule has 0 radical (unpaired) electrons. The number of nitrogens with zero attached hydrogens (tertiary/aromatic N) is 4. The standard InChI is InChI=1S/C16H19N7/c1-11(2)16(17)22-14(12-6-4-3-5-7-12)21-15(23-16)20-13-8-18-10-19-9-13/h3-11H,17H2,1-2H3,(H2,20,21,22,23). The summed E-state index contributed by atoms with van der Waals surface area (Å²) in [5.41, 5.74) is 8.07. The van der Waals surface area contributed by atoms with Gasteiger partial charge in [-0.25, -0.2) is 15.0 Å². The van der Waals surface area contributed by atoms with E-state index >= 15 is 0 Å². The van der Waals surface area contributed by atoms with Crippen LogP contribution in [-0.4, -0.2) is 27.5 Å². The summed E-state index contributed by atoms with van der Waals surface area (Å²) in [6.45, 7) is 4.02. The van der Waals surface area contributed by atoms with Crippen molar-refractivity contribution in [3.63, 3.8) is 0 Å². The number of anilines is 1. The minimum atomic E-state index is -0.940. The summed E-state index contributed by atoms with van der Waals surface area (Å²) in [4.78, 5) is 17.0. The normalized spacial score (nSPS) is 20.5. The van der Waals surface area contributed by atoms with Gasteiger partial charge in [0, 0.05) is 11.5 Å². The average molecular weight is 309 g/mol. The molecule has 3 rings (SSSR count). The number of nitrogens with one attached hydrogen (secondary N) is 2. The van der Waals surface area contributed by atoms with Gasteiger partial charge in [-0.05, 0) is 0 Å². The molecule has 0 amide bonds. The Labute approximate surface area is 134 Å². The molecule has 1 aliphatic heterocycles. The topological polar surface area (TPSA) is 101 Å². The van der Waals surface area contributed by atoms with Crippen molar-refractivity contribution in [2.45, 2.75) is 19.6 Å². The van der Waals surface area contributed by atoms with E-state index in [-0.39, 0.29) is 5.92 Å². The molecule has 4 N–H and O–H groups in total. The SMILES string of the molecule is CC(C)C1(N)N=C(Nc2cncnc2)N=C(c2ccccc2)N1. The number of hydrogen-bond acceptors (Lipinski definition) is 7. The van der Waals surface area contributed by atoms with Crippen molar-refractivity contribution in [1.82, 2.24) is 15.3 Å². The van der Waals surface area contributed by atoms with Crippen LogP contribution in [0.3, 0.4) is 0 Å². The first-order chi connectivity index (χ1) is 11.1. The molecule has 0 saturated carbocycles. The van der Waals surface area contributed by atoms with Gasteiger partial charge in [0.2, 0.25) is 5.96 Å². The van der Waals surface area contributed by atoms with Crippen LogP contribution in [0.25, 0.3) is 0 Å². The number of rotatable bonds is 3. The van der Waals surface area contributed by atoms with Gasteiger partial charge in [0.25, 0.3) is 0 Å². The van der Waals surface area contributed by atoms with Crippen LogP contribution in [0.1, 0.15) is 19.4 Å². The van der Waals surface area contributed by atoms with Crippen molar-refractivity contribution < 1.29 is 0 Å². The second-order valence-corrected chi connectivity index (χ2v) is 5.62. The first-order valence-corrected chi connectivity index (χ1v) is 7.40. The molecule has 0 saturated heterocycles. The van der Waals surface area contributed by atoms with Crippen molar-refractivity contribution in [2.24, 2.45) is 21.6 Å². The molecule has 2 aromatic rings. The van der Waals surface area contributed by atoms with Gasteiger partial charge in [0.05, 0.1) is 18.1 Å². The number of hydrogen-bond donors (Lipinski definition) is 3. The predicted octanol–water partition coefficient (Wildman–Crippen LogP) is 1.56. The minimum absolute atomic E-state index is 0.0699. The fourth-order valence-electron chi connectivity index (χ4n) is 2.11. The van der Waals surface area contributed by atoms with Crippen LogP contribution in [0.15, 0.2) is 59.0 Å². The van der Waals surface area contributed by atoms with Crippen LogP contribution in [0, 0.1) is 5.92 Å². The summed E-state index contributed by atoms with van der Waals surface area (Å²) in [6.07, 6.45) is 4.78. The Morgan fingerprint density at radius 2 is 1.83 bits per heavy atom. The Bertz CT molecular complexity index is 725. The summed E-state index contributed by atoms with van der Waals surface area (Å²) in [6, 6.07) is 9.82. The summed E-state index contributed by atoms with van der Waals surface area (Å²) in [5.74, 6) is 0.232. The van der Waals surface area contributed by atoms with Gasteiger partial charge >= 0.3 is 0 Å². The molecular weight excluding hydrogens is 290 g/mol. The lowest BCUT2D eigenvalue weighted by Gasteiger charge is -2.35. The molecule has 0 bridgehead atoms. The zero-order valence-corrected chi connectivity index (χ0v) is 13.1. The average Bonchev–Trinajstić information content (AvgIpc) is 2.56. The fourth-order valence-corrected chi connectivity index (χ4v) is 2.11. The Hall–Kier alpha value is -2.80. The number of aliphatic imine (C=N–C) groups is 2. The highest BCUT2D eigenvalue weighted by Crippen LogP contribution is 2.18. The van der Waals surface area contributed by atoms with E-state index < -0.39 is 5.79 Å². The van der Waals surface area contributed by atoms with Crippen molar-refractivity contribution in [3.8, 4) is 0 Å². The Morgan fingerprint density at radius 1 is 1.13 bits per heavy atom. The first-order valence-electron chi connectivity index (χ1n) is 7.40. The zero-order chi connectivity index (χ0) is 16.3. The number of amidine groups is 1. The molecule has 1 aromatic carbocycles. The highest BCUT2D eigenvalue weighted by molar-refractivity contribution is 6.10. The lowest BCUT2D eigenvalue weighted by molar-refractivity contribution is 0.295. The molecule has 1 unspecified atom stereocenters. The highest BCUT2D eigenvalue weighted by Gasteiger charge is 2.33. The van der Waals surface area contributed by atoms with Crippen molar-refractivity contribution in [1.29, 1.82) is 0 Å². The largest absolute Gasteiger partial charge is 0.333 e. The van der Waals surface area contributed by atoms with E-state index in [1.807, 2.05) is 44.2 Å². The molecule has 0 spiro atoms. The molecule has 7 heteroatoms. The number of nitrogens with two attached hydrogens (primary N) is 1. The lowest BCUT2D eigenvalue weighted by atomic mass is 10.0. The number of aromatic nitrogens is 2. The Kier molecular flexibility index (Phi) is 4.03. The molecule has 0 aliphatic carbocycles. The lowest BCUT2D eigenvalue weighted by Crippen LogP contribution is -2.61. The van der Waals surface area contributed by atoms with Gasteiger partial charge in [-0.2, -0.15) is 4.99 Å². The molecule has 1 aliphatic rings. The van der Waals surface area contributed by atoms with E-state index in [2.05, 4.69) is 30.6 Å². The van der Waals surface area contributed by atoms with Crippen molar-refractivity contribution in [2.75, 3.05) is 5.32 Å². The van der Waals surface area contributed by atoms with Gasteiger partial charge in [-0.3, -0.25) is 5.73 Å². The van der Waals surface area contributed by atoms with Crippen LogP contribution in [0.5, 0.6) is 0 Å². The third-order valence-corrected chi connectivity index (χ3v) is 3.57. The van der Waals surface area contributed by atoms with Crippen molar-refractivity contribution in [3.05, 3.63) is 54.6 Å².